The molecule has 3 N–H and O–H groups in total. The van der Waals surface area contributed by atoms with Gasteiger partial charge in [0.1, 0.15) is 5.82 Å². The van der Waals surface area contributed by atoms with E-state index >= 15 is 0 Å². The van der Waals surface area contributed by atoms with Crippen molar-refractivity contribution < 1.29 is 4.79 Å². The summed E-state index contributed by atoms with van der Waals surface area (Å²) >= 11 is 0. The van der Waals surface area contributed by atoms with Crippen LogP contribution in [-0.4, -0.2) is 29.0 Å². The predicted molar refractivity (Wildman–Crippen MR) is 99.7 cm³/mol. The zero-order valence-corrected chi connectivity index (χ0v) is 15.1. The summed E-state index contributed by atoms with van der Waals surface area (Å²) in [5, 5.41) is 6.54. The minimum absolute atomic E-state index is 0. The van der Waals surface area contributed by atoms with Crippen LogP contribution in [0.2, 0.25) is 0 Å². The largest absolute Gasteiger partial charge is 0.348 e. The fourth-order valence-electron chi connectivity index (χ4n) is 4.12. The van der Waals surface area contributed by atoms with Crippen molar-refractivity contribution in [3.05, 3.63) is 30.1 Å². The Morgan fingerprint density at radius 1 is 1.29 bits per heavy atom. The number of benzene rings is 1. The maximum absolute atomic E-state index is 12.8. The highest BCUT2D eigenvalue weighted by Crippen LogP contribution is 2.43. The lowest BCUT2D eigenvalue weighted by Crippen LogP contribution is -2.47. The van der Waals surface area contributed by atoms with Crippen LogP contribution in [0.5, 0.6) is 0 Å². The molecule has 4 rings (SSSR count). The molecule has 7 heteroatoms. The van der Waals surface area contributed by atoms with E-state index in [9.17, 15) is 4.79 Å². The Balaban J connectivity index is 0.00000104. The van der Waals surface area contributed by atoms with Gasteiger partial charge in [-0.25, -0.2) is 4.98 Å². The van der Waals surface area contributed by atoms with Crippen molar-refractivity contribution in [2.24, 2.45) is 11.3 Å². The molecule has 24 heavy (non-hydrogen) atoms. The van der Waals surface area contributed by atoms with Crippen molar-refractivity contribution in [1.82, 2.24) is 20.6 Å². The van der Waals surface area contributed by atoms with Crippen LogP contribution >= 0.6 is 24.8 Å². The van der Waals surface area contributed by atoms with Gasteiger partial charge in [-0.05, 0) is 37.4 Å². The van der Waals surface area contributed by atoms with Crippen molar-refractivity contribution in [1.29, 1.82) is 0 Å². The van der Waals surface area contributed by atoms with E-state index in [4.69, 9.17) is 0 Å². The third-order valence-corrected chi connectivity index (χ3v) is 5.35. The summed E-state index contributed by atoms with van der Waals surface area (Å²) in [6.45, 7) is 2.28. The number of aromatic amines is 1. The first-order valence-electron chi connectivity index (χ1n) is 8.21. The second-order valence-corrected chi connectivity index (χ2v) is 6.61. The van der Waals surface area contributed by atoms with Gasteiger partial charge in [-0.3, -0.25) is 4.79 Å². The molecule has 1 aromatic heterocycles. The molecule has 1 amide bonds. The third kappa shape index (κ3) is 3.25. The smallest absolute Gasteiger partial charge is 0.228 e. The number of nitrogens with one attached hydrogen (secondary N) is 3. The molecule has 2 aliphatic rings. The molecule has 5 nitrogen and oxygen atoms in total. The van der Waals surface area contributed by atoms with Crippen molar-refractivity contribution in [3.8, 4) is 0 Å². The Kier molecular flexibility index (Phi) is 6.12. The molecule has 2 heterocycles. The van der Waals surface area contributed by atoms with Crippen LogP contribution in [0.4, 0.5) is 0 Å². The van der Waals surface area contributed by atoms with E-state index in [1.54, 1.807) is 0 Å². The number of hydrogen-bond acceptors (Lipinski definition) is 3. The van der Waals surface area contributed by atoms with Crippen molar-refractivity contribution >= 4 is 41.8 Å². The SMILES string of the molecule is Cl.Cl.O=C(NCc1nc2ccccc2[nH]1)[C@@]12CCCC[C@H]1CNC2. The van der Waals surface area contributed by atoms with Crippen LogP contribution in [0.25, 0.3) is 11.0 Å². The minimum Gasteiger partial charge on any atom is -0.348 e. The molecule has 0 bridgehead atoms. The highest BCUT2D eigenvalue weighted by Gasteiger charge is 2.49. The minimum atomic E-state index is -0.190. The number of imidazole rings is 1. The molecule has 2 aromatic rings. The van der Waals surface area contributed by atoms with E-state index < -0.39 is 0 Å². The van der Waals surface area contributed by atoms with E-state index in [2.05, 4.69) is 20.6 Å². The first-order valence-corrected chi connectivity index (χ1v) is 8.21. The first kappa shape index (κ1) is 19.0. The number of H-pyrrole nitrogens is 1. The molecule has 2 fully saturated rings. The Morgan fingerprint density at radius 2 is 2.12 bits per heavy atom. The van der Waals surface area contributed by atoms with Crippen LogP contribution in [0.1, 0.15) is 31.5 Å². The number of rotatable bonds is 3. The number of carbonyl (C=O) groups is 1. The van der Waals surface area contributed by atoms with Gasteiger partial charge in [0.2, 0.25) is 5.91 Å². The lowest BCUT2D eigenvalue weighted by atomic mass is 9.67. The highest BCUT2D eigenvalue weighted by atomic mass is 35.5. The molecule has 2 atom stereocenters. The van der Waals surface area contributed by atoms with Crippen LogP contribution in [-0.2, 0) is 11.3 Å². The molecular formula is C17H24Cl2N4O. The average Bonchev–Trinajstić information content (AvgIpc) is 3.16. The number of hydrogen-bond donors (Lipinski definition) is 3. The zero-order valence-electron chi connectivity index (χ0n) is 13.5. The molecule has 1 aliphatic heterocycles. The van der Waals surface area contributed by atoms with Crippen LogP contribution in [0.15, 0.2) is 24.3 Å². The summed E-state index contributed by atoms with van der Waals surface area (Å²) in [7, 11) is 0. The molecule has 1 saturated carbocycles. The van der Waals surface area contributed by atoms with Crippen molar-refractivity contribution in [2.45, 2.75) is 32.2 Å². The monoisotopic (exact) mass is 370 g/mol. The quantitative estimate of drug-likeness (QED) is 0.777. The normalized spacial score (nSPS) is 25.4. The maximum atomic E-state index is 12.8. The molecule has 1 saturated heterocycles. The van der Waals surface area contributed by atoms with Gasteiger partial charge in [0, 0.05) is 6.54 Å². The standard InChI is InChI=1S/C17H22N4O.2ClH/c22-16(17-8-4-3-5-12(17)9-18-11-17)19-10-15-20-13-6-1-2-7-14(13)21-15;;/h1-2,6-7,12,18H,3-5,8-11H2,(H,19,22)(H,20,21);2*1H/t12-,17+;;/m0../s1. The predicted octanol–water partition coefficient (Wildman–Crippen LogP) is 2.80. The number of fused-ring (bicyclic) bond motifs is 2. The number of carbonyl (C=O) groups excluding carboxylic acids is 1. The summed E-state index contributed by atoms with van der Waals surface area (Å²) in [5.74, 6) is 1.52. The van der Waals surface area contributed by atoms with Gasteiger partial charge < -0.3 is 15.6 Å². The highest BCUT2D eigenvalue weighted by molar-refractivity contribution is 5.85. The van der Waals surface area contributed by atoms with Crippen LogP contribution in [0, 0.1) is 11.3 Å². The molecule has 132 valence electrons. The van der Waals surface area contributed by atoms with Gasteiger partial charge in [-0.1, -0.05) is 25.0 Å². The maximum Gasteiger partial charge on any atom is 0.228 e. The van der Waals surface area contributed by atoms with Crippen molar-refractivity contribution in [2.75, 3.05) is 13.1 Å². The average molecular weight is 371 g/mol. The van der Waals surface area contributed by atoms with Crippen LogP contribution in [0.3, 0.4) is 0 Å². The van der Waals surface area contributed by atoms with Gasteiger partial charge in [-0.15, -0.1) is 24.8 Å². The summed E-state index contributed by atoms with van der Waals surface area (Å²) in [4.78, 5) is 20.6. The number of halogens is 2. The van der Waals surface area contributed by atoms with E-state index in [0.29, 0.717) is 12.5 Å². The fourth-order valence-corrected chi connectivity index (χ4v) is 4.12. The molecule has 1 aliphatic carbocycles. The lowest BCUT2D eigenvalue weighted by Gasteiger charge is -2.37. The fraction of sp³-hybridized carbons (Fsp3) is 0.529. The molecule has 0 radical (unpaired) electrons. The topological polar surface area (TPSA) is 69.8 Å². The van der Waals surface area contributed by atoms with Gasteiger partial charge in [0.05, 0.1) is 23.0 Å². The second kappa shape index (κ2) is 7.72. The van der Waals surface area contributed by atoms with Gasteiger partial charge in [0.25, 0.3) is 0 Å². The molecule has 0 unspecified atom stereocenters. The van der Waals surface area contributed by atoms with Crippen molar-refractivity contribution in [3.63, 3.8) is 0 Å². The third-order valence-electron chi connectivity index (χ3n) is 5.35. The summed E-state index contributed by atoms with van der Waals surface area (Å²) in [6, 6.07) is 7.94. The van der Waals surface area contributed by atoms with E-state index in [1.165, 1.54) is 12.8 Å². The second-order valence-electron chi connectivity index (χ2n) is 6.61. The Morgan fingerprint density at radius 3 is 2.96 bits per heavy atom. The Hall–Kier alpha value is -1.30. The number of nitrogens with zero attached hydrogens (tertiary/aromatic N) is 1. The van der Waals surface area contributed by atoms with Gasteiger partial charge in [0.15, 0.2) is 0 Å². The van der Waals surface area contributed by atoms with E-state index in [1.807, 2.05) is 24.3 Å². The Bertz CT molecular complexity index is 672. The first-order chi connectivity index (χ1) is 10.8. The molecule has 0 spiro atoms. The Labute approximate surface area is 154 Å². The number of amides is 1. The molecular weight excluding hydrogens is 347 g/mol. The zero-order chi connectivity index (χ0) is 15.0. The van der Waals surface area contributed by atoms with E-state index in [-0.39, 0.29) is 36.1 Å². The van der Waals surface area contributed by atoms with Crippen LogP contribution < -0.4 is 10.6 Å². The summed E-state index contributed by atoms with van der Waals surface area (Å²) in [5.41, 5.74) is 1.77. The van der Waals surface area contributed by atoms with E-state index in [0.717, 1.165) is 42.8 Å². The van der Waals surface area contributed by atoms with Gasteiger partial charge >= 0.3 is 0 Å². The van der Waals surface area contributed by atoms with Gasteiger partial charge in [-0.2, -0.15) is 0 Å². The number of para-hydroxylation sites is 2. The summed E-state index contributed by atoms with van der Waals surface area (Å²) < 4.78 is 0. The summed E-state index contributed by atoms with van der Waals surface area (Å²) in [6.07, 6.45) is 4.60. The lowest BCUT2D eigenvalue weighted by molar-refractivity contribution is -0.134. The molecule has 1 aromatic carbocycles. The number of aromatic nitrogens is 2.